The van der Waals surface area contributed by atoms with Crippen LogP contribution in [0.15, 0.2) is 36.4 Å². The summed E-state index contributed by atoms with van der Waals surface area (Å²) in [4.78, 5) is 11.3. The number of aliphatic carboxylic acids is 1. The van der Waals surface area contributed by atoms with Gasteiger partial charge in [-0.15, -0.1) is 0 Å². The molecule has 0 aliphatic heterocycles. The third-order valence-electron chi connectivity index (χ3n) is 3.98. The van der Waals surface area contributed by atoms with Gasteiger partial charge in [-0.05, 0) is 48.2 Å². The van der Waals surface area contributed by atoms with Crippen LogP contribution in [-0.4, -0.2) is 16.2 Å². The number of fused-ring (bicyclic) bond motifs is 1. The Morgan fingerprint density at radius 1 is 1.11 bits per heavy atom. The van der Waals surface area contributed by atoms with Crippen molar-refractivity contribution in [3.8, 4) is 5.75 Å². The molecule has 1 unspecified atom stereocenters. The summed E-state index contributed by atoms with van der Waals surface area (Å²) in [5.41, 5.74) is 0.176. The summed E-state index contributed by atoms with van der Waals surface area (Å²) in [6.07, 6.45) is 0. The molecule has 19 heavy (non-hydrogen) atoms. The van der Waals surface area contributed by atoms with E-state index in [0.29, 0.717) is 0 Å². The number of phenolic OH excluding ortho intramolecular Hbond substituents is 1. The van der Waals surface area contributed by atoms with Gasteiger partial charge in [-0.1, -0.05) is 31.2 Å². The summed E-state index contributed by atoms with van der Waals surface area (Å²) in [5, 5.41) is 20.7. The van der Waals surface area contributed by atoms with E-state index < -0.39 is 11.4 Å². The Kier molecular flexibility index (Phi) is 3.23. The van der Waals surface area contributed by atoms with Crippen LogP contribution in [0.3, 0.4) is 0 Å². The molecule has 0 amide bonds. The Bertz CT molecular complexity index is 629. The Labute approximate surface area is 112 Å². The SMILES string of the molecule is CC(c1ccc2cc(O)ccc2c1)C(C)(C)C(=O)O. The van der Waals surface area contributed by atoms with Crippen molar-refractivity contribution < 1.29 is 15.0 Å². The van der Waals surface area contributed by atoms with Crippen LogP contribution in [0.5, 0.6) is 5.75 Å². The van der Waals surface area contributed by atoms with Gasteiger partial charge >= 0.3 is 5.97 Å². The van der Waals surface area contributed by atoms with Crippen LogP contribution in [0.1, 0.15) is 32.3 Å². The van der Waals surface area contributed by atoms with Crippen molar-refractivity contribution in [3.63, 3.8) is 0 Å². The zero-order valence-electron chi connectivity index (χ0n) is 11.3. The van der Waals surface area contributed by atoms with E-state index in [1.165, 1.54) is 0 Å². The fourth-order valence-corrected chi connectivity index (χ4v) is 2.12. The van der Waals surface area contributed by atoms with Gasteiger partial charge in [-0.2, -0.15) is 0 Å². The Balaban J connectivity index is 2.46. The maximum atomic E-state index is 11.3. The molecule has 2 aromatic rings. The zero-order valence-corrected chi connectivity index (χ0v) is 11.3. The van der Waals surface area contributed by atoms with Crippen LogP contribution in [-0.2, 0) is 4.79 Å². The summed E-state index contributed by atoms with van der Waals surface area (Å²) in [6.45, 7) is 5.40. The summed E-state index contributed by atoms with van der Waals surface area (Å²) < 4.78 is 0. The number of carbonyl (C=O) groups is 1. The standard InChI is InChI=1S/C16H18O3/c1-10(16(2,3)15(18)19)11-4-5-13-9-14(17)7-6-12(13)8-11/h4-10,17H,1-3H3,(H,18,19). The molecule has 2 rings (SSSR count). The number of benzene rings is 2. The van der Waals surface area contributed by atoms with Gasteiger partial charge < -0.3 is 10.2 Å². The molecule has 0 bridgehead atoms. The zero-order chi connectivity index (χ0) is 14.2. The van der Waals surface area contributed by atoms with E-state index in [4.69, 9.17) is 0 Å². The highest BCUT2D eigenvalue weighted by atomic mass is 16.4. The summed E-state index contributed by atoms with van der Waals surface area (Å²) in [5.74, 6) is -0.659. The molecule has 0 aromatic heterocycles. The van der Waals surface area contributed by atoms with Gasteiger partial charge in [0.05, 0.1) is 5.41 Å². The molecule has 0 aliphatic carbocycles. The largest absolute Gasteiger partial charge is 0.508 e. The third-order valence-corrected chi connectivity index (χ3v) is 3.98. The van der Waals surface area contributed by atoms with Crippen LogP contribution >= 0.6 is 0 Å². The molecule has 0 spiro atoms. The minimum atomic E-state index is -0.815. The van der Waals surface area contributed by atoms with Crippen LogP contribution in [0, 0.1) is 5.41 Å². The number of phenols is 1. The monoisotopic (exact) mass is 258 g/mol. The van der Waals surface area contributed by atoms with Crippen LogP contribution in [0.25, 0.3) is 10.8 Å². The molecule has 100 valence electrons. The molecule has 0 saturated heterocycles. The molecule has 0 heterocycles. The van der Waals surface area contributed by atoms with Gasteiger partial charge in [0.1, 0.15) is 5.75 Å². The highest BCUT2D eigenvalue weighted by Gasteiger charge is 2.34. The molecule has 0 aliphatic rings. The molecule has 0 saturated carbocycles. The summed E-state index contributed by atoms with van der Waals surface area (Å²) in [6, 6.07) is 11.0. The van der Waals surface area contributed by atoms with Crippen molar-refractivity contribution in [2.75, 3.05) is 0 Å². The predicted octanol–water partition coefficient (Wildman–Crippen LogP) is 3.76. The second-order valence-electron chi connectivity index (χ2n) is 5.54. The number of hydrogen-bond donors (Lipinski definition) is 2. The Morgan fingerprint density at radius 3 is 2.32 bits per heavy atom. The number of aromatic hydroxyl groups is 1. The molecular formula is C16H18O3. The second kappa shape index (κ2) is 4.57. The van der Waals surface area contributed by atoms with E-state index in [-0.39, 0.29) is 11.7 Å². The van der Waals surface area contributed by atoms with Crippen LogP contribution in [0.4, 0.5) is 0 Å². The smallest absolute Gasteiger partial charge is 0.309 e. The quantitative estimate of drug-likeness (QED) is 0.881. The maximum absolute atomic E-state index is 11.3. The first-order valence-corrected chi connectivity index (χ1v) is 6.28. The van der Waals surface area contributed by atoms with Gasteiger partial charge in [0.15, 0.2) is 0 Å². The van der Waals surface area contributed by atoms with Crippen molar-refractivity contribution >= 4 is 16.7 Å². The minimum Gasteiger partial charge on any atom is -0.508 e. The normalized spacial score (nSPS) is 13.4. The van der Waals surface area contributed by atoms with Gasteiger partial charge in [-0.25, -0.2) is 0 Å². The molecule has 2 aromatic carbocycles. The average Bonchev–Trinajstić information content (AvgIpc) is 2.37. The highest BCUT2D eigenvalue weighted by molar-refractivity contribution is 5.85. The lowest BCUT2D eigenvalue weighted by Gasteiger charge is -2.27. The lowest BCUT2D eigenvalue weighted by atomic mass is 9.76. The first-order valence-electron chi connectivity index (χ1n) is 6.28. The van der Waals surface area contributed by atoms with Crippen molar-refractivity contribution in [1.82, 2.24) is 0 Å². The lowest BCUT2D eigenvalue weighted by molar-refractivity contribution is -0.148. The van der Waals surface area contributed by atoms with Crippen molar-refractivity contribution in [3.05, 3.63) is 42.0 Å². The summed E-state index contributed by atoms with van der Waals surface area (Å²) >= 11 is 0. The van der Waals surface area contributed by atoms with E-state index >= 15 is 0 Å². The van der Waals surface area contributed by atoms with E-state index in [1.54, 1.807) is 26.0 Å². The predicted molar refractivity (Wildman–Crippen MR) is 75.4 cm³/mol. The van der Waals surface area contributed by atoms with Crippen molar-refractivity contribution in [1.29, 1.82) is 0 Å². The first kappa shape index (κ1) is 13.4. The molecule has 2 N–H and O–H groups in total. The fourth-order valence-electron chi connectivity index (χ4n) is 2.12. The second-order valence-corrected chi connectivity index (χ2v) is 5.54. The molecule has 3 nitrogen and oxygen atoms in total. The molecule has 0 fully saturated rings. The fraction of sp³-hybridized carbons (Fsp3) is 0.312. The number of carboxylic acids is 1. The topological polar surface area (TPSA) is 57.5 Å². The maximum Gasteiger partial charge on any atom is 0.309 e. The average molecular weight is 258 g/mol. The van der Waals surface area contributed by atoms with Gasteiger partial charge in [0.25, 0.3) is 0 Å². The first-order chi connectivity index (χ1) is 8.82. The number of carboxylic acid groups (broad SMARTS) is 1. The number of hydrogen-bond acceptors (Lipinski definition) is 2. The van der Waals surface area contributed by atoms with Gasteiger partial charge in [0, 0.05) is 0 Å². The van der Waals surface area contributed by atoms with E-state index in [2.05, 4.69) is 0 Å². The highest BCUT2D eigenvalue weighted by Crippen LogP contribution is 2.36. The lowest BCUT2D eigenvalue weighted by Crippen LogP contribution is -2.29. The van der Waals surface area contributed by atoms with E-state index in [0.717, 1.165) is 16.3 Å². The Morgan fingerprint density at radius 2 is 1.68 bits per heavy atom. The molecular weight excluding hydrogens is 240 g/mol. The van der Waals surface area contributed by atoms with Crippen molar-refractivity contribution in [2.45, 2.75) is 26.7 Å². The number of rotatable bonds is 3. The van der Waals surface area contributed by atoms with Gasteiger partial charge in [0.2, 0.25) is 0 Å². The third kappa shape index (κ3) is 2.41. The molecule has 1 atom stereocenters. The summed E-state index contributed by atoms with van der Waals surface area (Å²) in [7, 11) is 0. The van der Waals surface area contributed by atoms with Gasteiger partial charge in [-0.3, -0.25) is 4.79 Å². The van der Waals surface area contributed by atoms with E-state index in [1.807, 2.05) is 31.2 Å². The van der Waals surface area contributed by atoms with Crippen LogP contribution in [0.2, 0.25) is 0 Å². The Hall–Kier alpha value is -2.03. The molecule has 0 radical (unpaired) electrons. The van der Waals surface area contributed by atoms with E-state index in [9.17, 15) is 15.0 Å². The minimum absolute atomic E-state index is 0.0943. The van der Waals surface area contributed by atoms with Crippen molar-refractivity contribution in [2.24, 2.45) is 5.41 Å². The molecule has 3 heteroatoms. The van der Waals surface area contributed by atoms with Crippen LogP contribution < -0.4 is 0 Å².